The monoisotopic (exact) mass is 418 g/mol. The highest BCUT2D eigenvalue weighted by atomic mass is 35.5. The average molecular weight is 419 g/mol. The molecule has 2 aliphatic rings. The number of nitrogens with one attached hydrogen (secondary N) is 1. The Morgan fingerprint density at radius 1 is 1.10 bits per heavy atom. The van der Waals surface area contributed by atoms with E-state index in [1.165, 1.54) is 5.56 Å². The highest BCUT2D eigenvalue weighted by molar-refractivity contribution is 6.31. The Kier molecular flexibility index (Phi) is 4.33. The van der Waals surface area contributed by atoms with Crippen molar-refractivity contribution < 1.29 is 4.79 Å². The van der Waals surface area contributed by atoms with Crippen LogP contribution in [0.2, 0.25) is 5.02 Å². The number of anilines is 1. The molecule has 0 radical (unpaired) electrons. The number of carbonyl (C=O) groups excluding carboxylic acids is 1. The van der Waals surface area contributed by atoms with Gasteiger partial charge in [0.2, 0.25) is 5.95 Å². The summed E-state index contributed by atoms with van der Waals surface area (Å²) in [5.74, 6) is 1.40. The van der Waals surface area contributed by atoms with Crippen LogP contribution < -0.4 is 5.32 Å². The SMILES string of the molecule is Cc1ccc(-c2nc3n(n2)C(c2ccccc2Cl)C2=C(CC(C)(C)CC2=O)N3)cc1. The second-order valence-corrected chi connectivity index (χ2v) is 9.36. The van der Waals surface area contributed by atoms with E-state index in [2.05, 4.69) is 26.1 Å². The van der Waals surface area contributed by atoms with Crippen molar-refractivity contribution in [3.8, 4) is 11.4 Å². The van der Waals surface area contributed by atoms with Gasteiger partial charge in [0.25, 0.3) is 0 Å². The first-order valence-electron chi connectivity index (χ1n) is 10.1. The van der Waals surface area contributed by atoms with E-state index >= 15 is 0 Å². The summed E-state index contributed by atoms with van der Waals surface area (Å²) in [7, 11) is 0. The number of benzene rings is 2. The molecule has 0 bridgehead atoms. The summed E-state index contributed by atoms with van der Waals surface area (Å²) in [5, 5.41) is 8.84. The lowest BCUT2D eigenvalue weighted by Gasteiger charge is -2.38. The summed E-state index contributed by atoms with van der Waals surface area (Å²) < 4.78 is 1.81. The number of ketones is 1. The van der Waals surface area contributed by atoms with Crippen LogP contribution >= 0.6 is 11.6 Å². The molecule has 0 saturated heterocycles. The van der Waals surface area contributed by atoms with Gasteiger partial charge in [-0.2, -0.15) is 4.98 Å². The number of aryl methyl sites for hydroxylation is 1. The minimum absolute atomic E-state index is 0.101. The van der Waals surface area contributed by atoms with Crippen LogP contribution in [-0.4, -0.2) is 20.5 Å². The topological polar surface area (TPSA) is 59.8 Å². The van der Waals surface area contributed by atoms with Gasteiger partial charge in [0.1, 0.15) is 6.04 Å². The summed E-state index contributed by atoms with van der Waals surface area (Å²) in [5.41, 5.74) is 4.55. The van der Waals surface area contributed by atoms with Crippen molar-refractivity contribution in [1.29, 1.82) is 0 Å². The molecule has 1 atom stereocenters. The van der Waals surface area contributed by atoms with Crippen LogP contribution in [0.3, 0.4) is 0 Å². The second-order valence-electron chi connectivity index (χ2n) is 8.95. The lowest BCUT2D eigenvalue weighted by atomic mass is 9.73. The number of rotatable bonds is 2. The van der Waals surface area contributed by atoms with Crippen molar-refractivity contribution in [3.63, 3.8) is 0 Å². The van der Waals surface area contributed by atoms with Crippen molar-refractivity contribution in [2.45, 2.75) is 39.7 Å². The Bertz CT molecular complexity index is 1190. The molecule has 3 aromatic rings. The molecule has 0 amide bonds. The van der Waals surface area contributed by atoms with Crippen LogP contribution in [0.15, 0.2) is 59.8 Å². The molecule has 1 aliphatic carbocycles. The van der Waals surface area contributed by atoms with Crippen LogP contribution in [0.5, 0.6) is 0 Å². The lowest BCUT2D eigenvalue weighted by molar-refractivity contribution is -0.118. The summed E-state index contributed by atoms with van der Waals surface area (Å²) in [6, 6.07) is 15.4. The summed E-state index contributed by atoms with van der Waals surface area (Å²) in [4.78, 5) is 18.0. The first-order chi connectivity index (χ1) is 14.3. The highest BCUT2D eigenvalue weighted by Gasteiger charge is 2.42. The summed E-state index contributed by atoms with van der Waals surface area (Å²) in [6.45, 7) is 6.30. The minimum atomic E-state index is -0.389. The molecule has 30 heavy (non-hydrogen) atoms. The highest BCUT2D eigenvalue weighted by Crippen LogP contribution is 2.46. The van der Waals surface area contributed by atoms with Gasteiger partial charge in [-0.15, -0.1) is 5.10 Å². The van der Waals surface area contributed by atoms with Crippen molar-refractivity contribution in [2.24, 2.45) is 5.41 Å². The van der Waals surface area contributed by atoms with E-state index in [9.17, 15) is 4.79 Å². The van der Waals surface area contributed by atoms with Crippen LogP contribution in [0.1, 0.15) is 43.9 Å². The third-order valence-corrected chi connectivity index (χ3v) is 6.19. The van der Waals surface area contributed by atoms with Gasteiger partial charge in [0, 0.05) is 33.8 Å². The van der Waals surface area contributed by atoms with Crippen LogP contribution in [0, 0.1) is 12.3 Å². The molecule has 1 aliphatic heterocycles. The summed E-state index contributed by atoms with van der Waals surface area (Å²) >= 11 is 6.58. The standard InChI is InChI=1S/C24H23ClN4O/c1-14-8-10-15(11-9-14)22-27-23-26-18-12-24(2,3)13-19(30)20(18)21(29(23)28-22)16-6-4-5-7-17(16)25/h4-11,21H,12-13H2,1-3H3,(H,26,27,28). The Morgan fingerprint density at radius 3 is 2.57 bits per heavy atom. The van der Waals surface area contributed by atoms with E-state index in [0.29, 0.717) is 23.2 Å². The molecular weight excluding hydrogens is 396 g/mol. The molecule has 0 saturated carbocycles. The van der Waals surface area contributed by atoms with Crippen molar-refractivity contribution in [2.75, 3.05) is 5.32 Å². The Morgan fingerprint density at radius 2 is 1.83 bits per heavy atom. The number of fused-ring (bicyclic) bond motifs is 1. The number of carbonyl (C=O) groups is 1. The molecule has 6 heteroatoms. The van der Waals surface area contributed by atoms with Gasteiger partial charge in [-0.25, -0.2) is 4.68 Å². The third kappa shape index (κ3) is 3.14. The van der Waals surface area contributed by atoms with Gasteiger partial charge in [0.05, 0.1) is 0 Å². The van der Waals surface area contributed by atoms with E-state index < -0.39 is 0 Å². The first-order valence-corrected chi connectivity index (χ1v) is 10.5. The van der Waals surface area contributed by atoms with Crippen molar-refractivity contribution in [3.05, 3.63) is 76.0 Å². The number of Topliss-reactive ketones (excluding diaryl/α,β-unsaturated/α-hetero) is 1. The predicted octanol–water partition coefficient (Wildman–Crippen LogP) is 5.57. The largest absolute Gasteiger partial charge is 0.328 e. The molecule has 152 valence electrons. The predicted molar refractivity (Wildman–Crippen MR) is 118 cm³/mol. The molecule has 5 rings (SSSR count). The second kappa shape index (κ2) is 6.81. The Hall–Kier alpha value is -2.92. The molecule has 1 N–H and O–H groups in total. The number of aromatic nitrogens is 3. The number of halogens is 1. The minimum Gasteiger partial charge on any atom is -0.328 e. The van der Waals surface area contributed by atoms with Crippen molar-refractivity contribution in [1.82, 2.24) is 14.8 Å². The molecule has 5 nitrogen and oxygen atoms in total. The zero-order valence-electron chi connectivity index (χ0n) is 17.2. The maximum absolute atomic E-state index is 13.3. The fraction of sp³-hybridized carbons (Fsp3) is 0.292. The van der Waals surface area contributed by atoms with Crippen LogP contribution in [-0.2, 0) is 4.79 Å². The number of nitrogens with zero attached hydrogens (tertiary/aromatic N) is 3. The maximum atomic E-state index is 13.3. The number of hydrogen-bond donors (Lipinski definition) is 1. The Balaban J connectivity index is 1.70. The van der Waals surface area contributed by atoms with E-state index in [1.807, 2.05) is 53.2 Å². The van der Waals surface area contributed by atoms with Gasteiger partial charge >= 0.3 is 0 Å². The lowest BCUT2D eigenvalue weighted by Crippen LogP contribution is -2.36. The van der Waals surface area contributed by atoms with Crippen LogP contribution in [0.25, 0.3) is 11.4 Å². The molecule has 0 fully saturated rings. The smallest absolute Gasteiger partial charge is 0.226 e. The molecular formula is C24H23ClN4O. The normalized spacial score (nSPS) is 19.9. The zero-order valence-corrected chi connectivity index (χ0v) is 18.0. The number of allylic oxidation sites excluding steroid dienone is 2. The quantitative estimate of drug-likeness (QED) is 0.591. The zero-order chi connectivity index (χ0) is 21.0. The van der Waals surface area contributed by atoms with Gasteiger partial charge in [0.15, 0.2) is 11.6 Å². The molecule has 2 heterocycles. The third-order valence-electron chi connectivity index (χ3n) is 5.84. The van der Waals surface area contributed by atoms with Gasteiger partial charge in [-0.1, -0.05) is 73.5 Å². The first kappa shape index (κ1) is 19.1. The Labute approximate surface area is 180 Å². The fourth-order valence-electron chi connectivity index (χ4n) is 4.42. The van der Waals surface area contributed by atoms with Gasteiger partial charge in [-0.05, 0) is 24.8 Å². The van der Waals surface area contributed by atoms with Gasteiger partial charge < -0.3 is 5.32 Å². The summed E-state index contributed by atoms with van der Waals surface area (Å²) in [6.07, 6.45) is 1.28. The molecule has 1 unspecified atom stereocenters. The van der Waals surface area contributed by atoms with Crippen molar-refractivity contribution >= 4 is 23.3 Å². The molecule has 1 aromatic heterocycles. The fourth-order valence-corrected chi connectivity index (χ4v) is 4.66. The van der Waals surface area contributed by atoms with E-state index in [-0.39, 0.29) is 17.2 Å². The maximum Gasteiger partial charge on any atom is 0.226 e. The molecule has 2 aromatic carbocycles. The number of hydrogen-bond acceptors (Lipinski definition) is 4. The van der Waals surface area contributed by atoms with E-state index in [0.717, 1.165) is 28.8 Å². The van der Waals surface area contributed by atoms with Crippen LogP contribution in [0.4, 0.5) is 5.95 Å². The van der Waals surface area contributed by atoms with E-state index in [4.69, 9.17) is 21.7 Å². The average Bonchev–Trinajstić information content (AvgIpc) is 3.10. The van der Waals surface area contributed by atoms with Gasteiger partial charge in [-0.3, -0.25) is 4.79 Å². The molecule has 0 spiro atoms. The van der Waals surface area contributed by atoms with E-state index in [1.54, 1.807) is 0 Å².